The molecule has 0 atom stereocenters. The first-order chi connectivity index (χ1) is 13.5. The van der Waals surface area contributed by atoms with E-state index in [1.807, 2.05) is 18.2 Å². The summed E-state index contributed by atoms with van der Waals surface area (Å²) in [6.45, 7) is 4.86. The minimum Gasteiger partial charge on any atom is -0.467 e. The Kier molecular flexibility index (Phi) is 6.88. The number of nitrogens with one attached hydrogen (secondary N) is 2. The molecule has 7 nitrogen and oxygen atoms in total. The van der Waals surface area contributed by atoms with Crippen LogP contribution < -0.4 is 10.2 Å². The van der Waals surface area contributed by atoms with Crippen molar-refractivity contribution >= 4 is 15.9 Å². The molecule has 1 aliphatic rings. The van der Waals surface area contributed by atoms with Crippen molar-refractivity contribution in [1.29, 1.82) is 0 Å². The molecule has 1 aliphatic heterocycles. The standard InChI is InChI=1S/C20H27N3O4S/c1-2-4-17-6-8-19(9-7-17)28(25,26)23-12-10-22(11-13-23)16-20(24)21-15-18-5-3-14-27-18/h3,5-9,14H,2,4,10-13,15-16H2,1H3,(H,21,24)/p+1. The second-order valence-corrected chi connectivity index (χ2v) is 9.02. The van der Waals surface area contributed by atoms with Crippen LogP contribution in [0.2, 0.25) is 0 Å². The Morgan fingerprint density at radius 2 is 1.89 bits per heavy atom. The number of hydrogen-bond acceptors (Lipinski definition) is 4. The van der Waals surface area contributed by atoms with E-state index in [1.54, 1.807) is 24.5 Å². The van der Waals surface area contributed by atoms with Gasteiger partial charge in [-0.15, -0.1) is 0 Å². The first kappa shape index (κ1) is 20.6. The Hall–Kier alpha value is -2.16. The molecule has 1 saturated heterocycles. The summed E-state index contributed by atoms with van der Waals surface area (Å²) in [5.41, 5.74) is 1.15. The average Bonchev–Trinajstić information content (AvgIpc) is 3.21. The Balaban J connectivity index is 1.49. The van der Waals surface area contributed by atoms with Gasteiger partial charge in [-0.05, 0) is 36.2 Å². The van der Waals surface area contributed by atoms with Crippen LogP contribution in [0.1, 0.15) is 24.7 Å². The van der Waals surface area contributed by atoms with Gasteiger partial charge in [-0.25, -0.2) is 8.42 Å². The molecular weight excluding hydrogens is 378 g/mol. The number of furan rings is 1. The lowest BCUT2D eigenvalue weighted by Gasteiger charge is -2.31. The maximum atomic E-state index is 12.8. The number of amides is 1. The second kappa shape index (κ2) is 9.36. The molecule has 2 aromatic rings. The number of rotatable bonds is 8. The van der Waals surface area contributed by atoms with E-state index in [4.69, 9.17) is 4.42 Å². The molecule has 2 heterocycles. The maximum absolute atomic E-state index is 12.8. The summed E-state index contributed by atoms with van der Waals surface area (Å²) in [4.78, 5) is 13.5. The molecule has 1 aromatic carbocycles. The lowest BCUT2D eigenvalue weighted by atomic mass is 10.1. The van der Waals surface area contributed by atoms with Gasteiger partial charge in [0.1, 0.15) is 5.76 Å². The minimum absolute atomic E-state index is 0.0609. The molecule has 1 aromatic heterocycles. The number of nitrogens with zero attached hydrogens (tertiary/aromatic N) is 1. The lowest BCUT2D eigenvalue weighted by Crippen LogP contribution is -3.15. The summed E-state index contributed by atoms with van der Waals surface area (Å²) in [5.74, 6) is 0.651. The van der Waals surface area contributed by atoms with E-state index >= 15 is 0 Å². The Morgan fingerprint density at radius 3 is 2.50 bits per heavy atom. The van der Waals surface area contributed by atoms with Gasteiger partial charge in [-0.2, -0.15) is 4.31 Å². The van der Waals surface area contributed by atoms with Gasteiger partial charge in [0.2, 0.25) is 10.0 Å². The molecule has 1 amide bonds. The SMILES string of the molecule is CCCc1ccc(S(=O)(=O)N2CC[NH+](CC(=O)NCc3ccco3)CC2)cc1. The Morgan fingerprint density at radius 1 is 1.18 bits per heavy atom. The van der Waals surface area contributed by atoms with Gasteiger partial charge < -0.3 is 14.6 Å². The van der Waals surface area contributed by atoms with Crippen molar-refractivity contribution in [2.24, 2.45) is 0 Å². The number of piperazine rings is 1. The maximum Gasteiger partial charge on any atom is 0.275 e. The summed E-state index contributed by atoms with van der Waals surface area (Å²) >= 11 is 0. The van der Waals surface area contributed by atoms with Gasteiger partial charge in [0.25, 0.3) is 5.91 Å². The molecule has 0 saturated carbocycles. The van der Waals surface area contributed by atoms with E-state index in [9.17, 15) is 13.2 Å². The third-order valence-corrected chi connectivity index (χ3v) is 6.89. The fraction of sp³-hybridized carbons (Fsp3) is 0.450. The molecule has 0 bridgehead atoms. The average molecular weight is 407 g/mol. The molecule has 28 heavy (non-hydrogen) atoms. The molecule has 0 aliphatic carbocycles. The third-order valence-electron chi connectivity index (χ3n) is 4.98. The highest BCUT2D eigenvalue weighted by Gasteiger charge is 2.31. The second-order valence-electron chi connectivity index (χ2n) is 7.08. The molecule has 0 spiro atoms. The zero-order valence-corrected chi connectivity index (χ0v) is 17.0. The summed E-state index contributed by atoms with van der Waals surface area (Å²) < 4.78 is 32.4. The molecule has 152 valence electrons. The van der Waals surface area contributed by atoms with Crippen LogP contribution in [-0.2, 0) is 27.8 Å². The van der Waals surface area contributed by atoms with Crippen molar-refractivity contribution in [2.75, 3.05) is 32.7 Å². The zero-order valence-electron chi connectivity index (χ0n) is 16.2. The van der Waals surface area contributed by atoms with E-state index in [0.717, 1.165) is 23.3 Å². The highest BCUT2D eigenvalue weighted by molar-refractivity contribution is 7.89. The number of benzene rings is 1. The van der Waals surface area contributed by atoms with Crippen LogP contribution in [0, 0.1) is 0 Å². The molecule has 0 radical (unpaired) electrons. The van der Waals surface area contributed by atoms with E-state index in [-0.39, 0.29) is 5.91 Å². The van der Waals surface area contributed by atoms with Crippen molar-refractivity contribution in [2.45, 2.75) is 31.2 Å². The normalized spacial score (nSPS) is 16.2. The van der Waals surface area contributed by atoms with Gasteiger partial charge in [0, 0.05) is 0 Å². The topological polar surface area (TPSA) is 84.1 Å². The van der Waals surface area contributed by atoms with Gasteiger partial charge in [-0.1, -0.05) is 25.5 Å². The quantitative estimate of drug-likeness (QED) is 0.666. The summed E-state index contributed by atoms with van der Waals surface area (Å²) in [5, 5.41) is 2.83. The smallest absolute Gasteiger partial charge is 0.275 e. The Labute approximate surface area is 166 Å². The summed E-state index contributed by atoms with van der Waals surface area (Å²) in [7, 11) is -3.48. The van der Waals surface area contributed by atoms with E-state index in [2.05, 4.69) is 12.2 Å². The molecule has 1 fully saturated rings. The van der Waals surface area contributed by atoms with Gasteiger partial charge in [0.05, 0.1) is 43.9 Å². The van der Waals surface area contributed by atoms with Crippen LogP contribution in [0.3, 0.4) is 0 Å². The van der Waals surface area contributed by atoms with E-state index in [1.165, 1.54) is 4.31 Å². The van der Waals surface area contributed by atoms with Crippen LogP contribution >= 0.6 is 0 Å². The molecule has 3 rings (SSSR count). The van der Waals surface area contributed by atoms with Crippen LogP contribution in [-0.4, -0.2) is 51.4 Å². The zero-order chi connectivity index (χ0) is 20.0. The van der Waals surface area contributed by atoms with Crippen molar-refractivity contribution in [3.63, 3.8) is 0 Å². The van der Waals surface area contributed by atoms with Crippen molar-refractivity contribution in [1.82, 2.24) is 9.62 Å². The van der Waals surface area contributed by atoms with Crippen molar-refractivity contribution in [3.8, 4) is 0 Å². The monoisotopic (exact) mass is 406 g/mol. The number of aryl methyl sites for hydroxylation is 1. The third kappa shape index (κ3) is 5.21. The van der Waals surface area contributed by atoms with Gasteiger partial charge >= 0.3 is 0 Å². The van der Waals surface area contributed by atoms with Crippen LogP contribution in [0.15, 0.2) is 52.0 Å². The number of sulfonamides is 1. The Bertz CT molecular complexity index is 855. The highest BCUT2D eigenvalue weighted by atomic mass is 32.2. The fourth-order valence-electron chi connectivity index (χ4n) is 3.37. The molecular formula is C20H28N3O4S+. The number of hydrogen-bond donors (Lipinski definition) is 2. The number of carbonyl (C=O) groups is 1. The van der Waals surface area contributed by atoms with Crippen molar-refractivity contribution < 1.29 is 22.5 Å². The molecule has 2 N–H and O–H groups in total. The first-order valence-electron chi connectivity index (χ1n) is 9.71. The minimum atomic E-state index is -3.48. The largest absolute Gasteiger partial charge is 0.467 e. The summed E-state index contributed by atoms with van der Waals surface area (Å²) in [6.07, 6.45) is 3.56. The summed E-state index contributed by atoms with van der Waals surface area (Å²) in [6, 6.07) is 10.8. The highest BCUT2D eigenvalue weighted by Crippen LogP contribution is 2.17. The van der Waals surface area contributed by atoms with Gasteiger partial charge in [0.15, 0.2) is 6.54 Å². The van der Waals surface area contributed by atoms with Crippen LogP contribution in [0.4, 0.5) is 0 Å². The van der Waals surface area contributed by atoms with Gasteiger partial charge in [-0.3, -0.25) is 4.79 Å². The first-order valence-corrected chi connectivity index (χ1v) is 11.1. The van der Waals surface area contributed by atoms with Crippen LogP contribution in [0.25, 0.3) is 0 Å². The van der Waals surface area contributed by atoms with Crippen LogP contribution in [0.5, 0.6) is 0 Å². The lowest BCUT2D eigenvalue weighted by molar-refractivity contribution is -0.895. The van der Waals surface area contributed by atoms with E-state index in [0.29, 0.717) is 49.9 Å². The number of carbonyl (C=O) groups excluding carboxylic acids is 1. The molecule has 8 heteroatoms. The van der Waals surface area contributed by atoms with Crippen molar-refractivity contribution in [3.05, 3.63) is 54.0 Å². The number of quaternary nitrogens is 1. The fourth-order valence-corrected chi connectivity index (χ4v) is 4.82. The molecule has 0 unspecified atom stereocenters. The predicted molar refractivity (Wildman–Crippen MR) is 105 cm³/mol. The predicted octanol–water partition coefficient (Wildman–Crippen LogP) is 0.438. The van der Waals surface area contributed by atoms with E-state index < -0.39 is 10.0 Å².